The molecule has 1 atom stereocenters. The van der Waals surface area contributed by atoms with E-state index in [0.717, 1.165) is 13.1 Å². The Kier molecular flexibility index (Phi) is 4.10. The van der Waals surface area contributed by atoms with Gasteiger partial charge in [0.25, 0.3) is 0 Å². The van der Waals surface area contributed by atoms with Gasteiger partial charge in [-0.2, -0.15) is 0 Å². The predicted molar refractivity (Wildman–Crippen MR) is 84.9 cm³/mol. The predicted octanol–water partition coefficient (Wildman–Crippen LogP) is 4.35. The summed E-state index contributed by atoms with van der Waals surface area (Å²) in [5.41, 5.74) is 3.05. The third-order valence-electron chi connectivity index (χ3n) is 3.72. The molecule has 2 nitrogen and oxygen atoms in total. The van der Waals surface area contributed by atoms with E-state index in [4.69, 9.17) is 0 Å². The Labute approximate surface area is 127 Å². The zero-order valence-corrected chi connectivity index (χ0v) is 13.6. The lowest BCUT2D eigenvalue weighted by atomic mass is 9.91. The Balaban J connectivity index is 1.81. The molecule has 2 heterocycles. The Hall–Kier alpha value is -0.580. The number of aryl methyl sites for hydroxylation is 1. The van der Waals surface area contributed by atoms with Gasteiger partial charge in [0.1, 0.15) is 0 Å². The highest BCUT2D eigenvalue weighted by Crippen LogP contribution is 2.31. The third-order valence-corrected chi connectivity index (χ3v) is 5.40. The Morgan fingerprint density at radius 3 is 3.11 bits per heavy atom. The van der Waals surface area contributed by atoms with Gasteiger partial charge in [-0.05, 0) is 58.9 Å². The van der Waals surface area contributed by atoms with Crippen LogP contribution in [0.1, 0.15) is 41.8 Å². The van der Waals surface area contributed by atoms with Crippen LogP contribution in [-0.2, 0) is 13.0 Å². The highest BCUT2D eigenvalue weighted by atomic mass is 79.9. The van der Waals surface area contributed by atoms with Crippen LogP contribution < -0.4 is 5.32 Å². The summed E-state index contributed by atoms with van der Waals surface area (Å²) in [6.45, 7) is 4.23. The summed E-state index contributed by atoms with van der Waals surface area (Å²) in [7, 11) is 0. The first-order chi connectivity index (χ1) is 9.26. The monoisotopic (exact) mass is 338 g/mol. The molecule has 0 fully saturated rings. The molecule has 0 bridgehead atoms. The van der Waals surface area contributed by atoms with Crippen molar-refractivity contribution in [3.8, 4) is 0 Å². The van der Waals surface area contributed by atoms with Gasteiger partial charge < -0.3 is 9.88 Å². The highest BCUT2D eigenvalue weighted by Gasteiger charge is 2.21. The highest BCUT2D eigenvalue weighted by molar-refractivity contribution is 9.10. The van der Waals surface area contributed by atoms with E-state index < -0.39 is 0 Å². The summed E-state index contributed by atoms with van der Waals surface area (Å²) in [5, 5.41) is 5.76. The average molecular weight is 339 g/mol. The van der Waals surface area contributed by atoms with Crippen molar-refractivity contribution in [1.29, 1.82) is 0 Å². The van der Waals surface area contributed by atoms with Crippen LogP contribution in [-0.4, -0.2) is 11.1 Å². The Morgan fingerprint density at radius 1 is 1.47 bits per heavy atom. The second-order valence-electron chi connectivity index (χ2n) is 5.14. The first kappa shape index (κ1) is 13.4. The van der Waals surface area contributed by atoms with Crippen LogP contribution in [0.5, 0.6) is 0 Å². The zero-order chi connectivity index (χ0) is 13.2. The van der Waals surface area contributed by atoms with Crippen LogP contribution in [0.25, 0.3) is 0 Å². The van der Waals surface area contributed by atoms with E-state index in [-0.39, 0.29) is 0 Å². The Bertz CT molecular complexity index is 558. The van der Waals surface area contributed by atoms with E-state index in [1.54, 1.807) is 0 Å². The van der Waals surface area contributed by atoms with Gasteiger partial charge >= 0.3 is 0 Å². The van der Waals surface area contributed by atoms with Crippen LogP contribution in [0.2, 0.25) is 0 Å². The molecule has 0 saturated heterocycles. The van der Waals surface area contributed by atoms with Crippen LogP contribution >= 0.6 is 27.3 Å². The molecule has 0 radical (unpaired) electrons. The molecule has 0 spiro atoms. The second kappa shape index (κ2) is 5.81. The van der Waals surface area contributed by atoms with Crippen molar-refractivity contribution in [2.75, 3.05) is 6.54 Å². The maximum Gasteiger partial charge on any atom is 0.0564 e. The van der Waals surface area contributed by atoms with Gasteiger partial charge in [0.2, 0.25) is 0 Å². The van der Waals surface area contributed by atoms with Crippen LogP contribution in [0.3, 0.4) is 0 Å². The topological polar surface area (TPSA) is 17.0 Å². The number of thiophene rings is 1. The van der Waals surface area contributed by atoms with Gasteiger partial charge in [0.05, 0.1) is 6.54 Å². The van der Waals surface area contributed by atoms with Crippen molar-refractivity contribution in [2.45, 2.75) is 38.8 Å². The van der Waals surface area contributed by atoms with Crippen molar-refractivity contribution >= 4 is 27.3 Å². The molecule has 2 aromatic heterocycles. The van der Waals surface area contributed by atoms with Crippen LogP contribution in [0.15, 0.2) is 28.3 Å². The van der Waals surface area contributed by atoms with Gasteiger partial charge in [-0.3, -0.25) is 0 Å². The normalized spacial score (nSPS) is 18.5. The van der Waals surface area contributed by atoms with E-state index >= 15 is 0 Å². The molecule has 0 saturated carbocycles. The number of aromatic nitrogens is 1. The number of hydrogen-bond donors (Lipinski definition) is 1. The lowest BCUT2D eigenvalue weighted by Crippen LogP contribution is -2.23. The molecular weight excluding hydrogens is 320 g/mol. The molecule has 1 unspecified atom stereocenters. The fourth-order valence-corrected chi connectivity index (χ4v) is 4.37. The maximum absolute atomic E-state index is 3.60. The molecule has 102 valence electrons. The summed E-state index contributed by atoms with van der Waals surface area (Å²) < 4.78 is 3.54. The van der Waals surface area contributed by atoms with E-state index in [1.807, 2.05) is 11.3 Å². The number of halogens is 1. The van der Waals surface area contributed by atoms with Gasteiger partial charge in [0, 0.05) is 33.2 Å². The summed E-state index contributed by atoms with van der Waals surface area (Å²) in [5.74, 6) is 0. The smallest absolute Gasteiger partial charge is 0.0564 e. The summed E-state index contributed by atoms with van der Waals surface area (Å²) >= 11 is 5.34. The van der Waals surface area contributed by atoms with Gasteiger partial charge in [-0.1, -0.05) is 6.92 Å². The molecule has 0 aromatic carbocycles. The van der Waals surface area contributed by atoms with Crippen molar-refractivity contribution in [1.82, 2.24) is 9.88 Å². The standard InChI is InChI=1S/C15H19BrN2S/c1-2-17-15-5-3-4-11-7-18(9-14(11)15)8-13-6-12(16)10-19-13/h6-7,9-10,15,17H,2-5,8H2,1H3. The first-order valence-electron chi connectivity index (χ1n) is 6.91. The minimum Gasteiger partial charge on any atom is -0.348 e. The first-order valence-corrected chi connectivity index (χ1v) is 8.58. The van der Waals surface area contributed by atoms with Crippen molar-refractivity contribution in [2.24, 2.45) is 0 Å². The van der Waals surface area contributed by atoms with Gasteiger partial charge in [0.15, 0.2) is 0 Å². The van der Waals surface area contributed by atoms with Crippen LogP contribution in [0, 0.1) is 0 Å². The van der Waals surface area contributed by atoms with Crippen molar-refractivity contribution < 1.29 is 0 Å². The van der Waals surface area contributed by atoms with E-state index in [2.05, 4.69) is 56.6 Å². The number of hydrogen-bond acceptors (Lipinski definition) is 2. The maximum atomic E-state index is 3.60. The number of nitrogens with zero attached hydrogens (tertiary/aromatic N) is 1. The Morgan fingerprint density at radius 2 is 2.37 bits per heavy atom. The third kappa shape index (κ3) is 2.96. The zero-order valence-electron chi connectivity index (χ0n) is 11.2. The van der Waals surface area contributed by atoms with E-state index in [1.165, 1.54) is 39.7 Å². The van der Waals surface area contributed by atoms with Crippen molar-refractivity contribution in [3.05, 3.63) is 44.3 Å². The molecule has 1 aliphatic carbocycles. The molecular formula is C15H19BrN2S. The van der Waals surface area contributed by atoms with Gasteiger partial charge in [-0.15, -0.1) is 11.3 Å². The second-order valence-corrected chi connectivity index (χ2v) is 7.06. The number of fused-ring (bicyclic) bond motifs is 1. The lowest BCUT2D eigenvalue weighted by molar-refractivity contribution is 0.473. The fraction of sp³-hybridized carbons (Fsp3) is 0.467. The van der Waals surface area contributed by atoms with Gasteiger partial charge in [-0.25, -0.2) is 0 Å². The molecule has 0 aliphatic heterocycles. The molecule has 1 aliphatic rings. The summed E-state index contributed by atoms with van der Waals surface area (Å²) in [6, 6.07) is 2.77. The van der Waals surface area contributed by atoms with Crippen molar-refractivity contribution in [3.63, 3.8) is 0 Å². The number of nitrogens with one attached hydrogen (secondary N) is 1. The minimum atomic E-state index is 0.560. The molecule has 1 N–H and O–H groups in total. The fourth-order valence-electron chi connectivity index (χ4n) is 2.91. The molecule has 3 rings (SSSR count). The molecule has 4 heteroatoms. The molecule has 19 heavy (non-hydrogen) atoms. The van der Waals surface area contributed by atoms with E-state index in [9.17, 15) is 0 Å². The quantitative estimate of drug-likeness (QED) is 0.876. The lowest BCUT2D eigenvalue weighted by Gasteiger charge is -2.22. The largest absolute Gasteiger partial charge is 0.348 e. The summed E-state index contributed by atoms with van der Waals surface area (Å²) in [4.78, 5) is 1.40. The summed E-state index contributed by atoms with van der Waals surface area (Å²) in [6.07, 6.45) is 8.49. The SMILES string of the molecule is CCNC1CCCc2cn(Cc3cc(Br)cs3)cc21. The molecule has 0 amide bonds. The van der Waals surface area contributed by atoms with E-state index in [0.29, 0.717) is 6.04 Å². The molecule has 2 aromatic rings. The van der Waals surface area contributed by atoms with Crippen LogP contribution in [0.4, 0.5) is 0 Å². The average Bonchev–Trinajstić information content (AvgIpc) is 2.97. The number of rotatable bonds is 4. The minimum absolute atomic E-state index is 0.560.